The van der Waals surface area contributed by atoms with E-state index in [-0.39, 0.29) is 17.0 Å². The normalized spacial score (nSPS) is 29.2. The van der Waals surface area contributed by atoms with Crippen molar-refractivity contribution in [3.05, 3.63) is 12.3 Å². The van der Waals surface area contributed by atoms with E-state index in [1.807, 2.05) is 12.3 Å². The molecule has 5 N–H and O–H groups in total. The molecule has 1 aliphatic heterocycles. The molecule has 0 aromatic rings. The Labute approximate surface area is 73.9 Å². The van der Waals surface area contributed by atoms with Crippen LogP contribution in [0.2, 0.25) is 0 Å². The Morgan fingerprint density at radius 3 is 3.09 bits per heavy atom. The lowest BCUT2D eigenvalue weighted by Gasteiger charge is -2.26. The van der Waals surface area contributed by atoms with Crippen molar-refractivity contribution in [1.29, 1.82) is 5.41 Å². The molecule has 1 aliphatic rings. The van der Waals surface area contributed by atoms with E-state index in [4.69, 9.17) is 11.1 Å². The number of nitrogens with one attached hydrogen (secondary N) is 3. The van der Waals surface area contributed by atoms with Crippen LogP contribution in [0.15, 0.2) is 12.3 Å². The second-order valence-corrected chi connectivity index (χ2v) is 3.53. The van der Waals surface area contributed by atoms with Gasteiger partial charge >= 0.3 is 0 Å². The first-order chi connectivity index (χ1) is 5.20. The molecule has 0 saturated carbocycles. The third-order valence-corrected chi connectivity index (χ3v) is 2.33. The van der Waals surface area contributed by atoms with Gasteiger partial charge in [0.05, 0.1) is 4.83 Å². The fourth-order valence-electron chi connectivity index (χ4n) is 0.910. The molecule has 0 aromatic heterocycles. The summed E-state index contributed by atoms with van der Waals surface area (Å²) >= 11 is 3.45. The van der Waals surface area contributed by atoms with Gasteiger partial charge in [-0.1, -0.05) is 22.0 Å². The molecule has 1 heterocycles. The lowest BCUT2D eigenvalue weighted by atomic mass is 10.2. The molecule has 0 spiro atoms. The van der Waals surface area contributed by atoms with Crippen LogP contribution in [0.1, 0.15) is 6.42 Å². The number of guanidine groups is 1. The van der Waals surface area contributed by atoms with Crippen molar-refractivity contribution < 1.29 is 0 Å². The Hall–Kier alpha value is -0.710. The van der Waals surface area contributed by atoms with Crippen LogP contribution in [0, 0.1) is 5.41 Å². The van der Waals surface area contributed by atoms with Crippen LogP contribution < -0.4 is 16.4 Å². The quantitative estimate of drug-likeness (QED) is 0.286. The summed E-state index contributed by atoms with van der Waals surface area (Å²) in [5.41, 5.74) is 5.17. The summed E-state index contributed by atoms with van der Waals surface area (Å²) < 4.78 is 0. The Balaban J connectivity index is 2.44. The van der Waals surface area contributed by atoms with E-state index in [1.165, 1.54) is 0 Å². The van der Waals surface area contributed by atoms with E-state index in [2.05, 4.69) is 26.6 Å². The lowest BCUT2D eigenvalue weighted by Crippen LogP contribution is -2.52. The van der Waals surface area contributed by atoms with Gasteiger partial charge in [-0.05, 0) is 12.6 Å². The molecule has 2 atom stereocenters. The maximum atomic E-state index is 7.00. The third kappa shape index (κ3) is 2.42. The highest BCUT2D eigenvalue weighted by molar-refractivity contribution is 9.09. The second-order valence-electron chi connectivity index (χ2n) is 2.36. The summed E-state index contributed by atoms with van der Waals surface area (Å²) in [5, 5.41) is 12.8. The van der Waals surface area contributed by atoms with Crippen LogP contribution in [-0.2, 0) is 0 Å². The average molecular weight is 219 g/mol. The molecule has 0 aliphatic carbocycles. The lowest BCUT2D eigenvalue weighted by molar-refractivity contribution is 0.513. The highest BCUT2D eigenvalue weighted by Crippen LogP contribution is 2.12. The number of alkyl halides is 1. The molecule has 0 radical (unpaired) electrons. The Morgan fingerprint density at radius 1 is 1.82 bits per heavy atom. The van der Waals surface area contributed by atoms with Gasteiger partial charge in [-0.25, -0.2) is 0 Å². The smallest absolute Gasteiger partial charge is 0.187 e. The molecule has 1 rings (SSSR count). The van der Waals surface area contributed by atoms with Crippen LogP contribution >= 0.6 is 15.9 Å². The van der Waals surface area contributed by atoms with E-state index in [0.29, 0.717) is 0 Å². The zero-order valence-corrected chi connectivity index (χ0v) is 7.56. The van der Waals surface area contributed by atoms with Crippen molar-refractivity contribution in [1.82, 2.24) is 10.6 Å². The predicted molar refractivity (Wildman–Crippen MR) is 48.4 cm³/mol. The van der Waals surface area contributed by atoms with Crippen molar-refractivity contribution in [2.24, 2.45) is 5.73 Å². The summed E-state index contributed by atoms with van der Waals surface area (Å²) in [4.78, 5) is 0.288. The van der Waals surface area contributed by atoms with E-state index in [1.54, 1.807) is 0 Å². The van der Waals surface area contributed by atoms with Gasteiger partial charge in [0.25, 0.3) is 0 Å². The molecule has 0 saturated heterocycles. The summed E-state index contributed by atoms with van der Waals surface area (Å²) in [6.07, 6.45) is 4.85. The summed E-state index contributed by atoms with van der Waals surface area (Å²) in [6.45, 7) is 0. The molecule has 62 valence electrons. The molecule has 4 nitrogen and oxygen atoms in total. The van der Waals surface area contributed by atoms with Gasteiger partial charge in [-0.3, -0.25) is 5.41 Å². The van der Waals surface area contributed by atoms with E-state index in [9.17, 15) is 0 Å². The number of hydrogen-bond donors (Lipinski definition) is 4. The van der Waals surface area contributed by atoms with Gasteiger partial charge in [-0.2, -0.15) is 0 Å². The van der Waals surface area contributed by atoms with Crippen LogP contribution in [-0.4, -0.2) is 17.0 Å². The van der Waals surface area contributed by atoms with Gasteiger partial charge in [-0.15, -0.1) is 0 Å². The summed E-state index contributed by atoms with van der Waals surface area (Å²) in [5.74, 6) is -0.0118. The van der Waals surface area contributed by atoms with Gasteiger partial charge in [0.15, 0.2) is 5.96 Å². The molecular formula is C6H11BrN4. The minimum atomic E-state index is -0.0118. The molecule has 0 aromatic carbocycles. The first kappa shape index (κ1) is 8.39. The van der Waals surface area contributed by atoms with Crippen LogP contribution in [0.5, 0.6) is 0 Å². The molecular weight excluding hydrogens is 208 g/mol. The number of nitrogens with two attached hydrogens (primary N) is 1. The van der Waals surface area contributed by atoms with Gasteiger partial charge < -0.3 is 16.4 Å². The monoisotopic (exact) mass is 218 g/mol. The Kier molecular flexibility index (Phi) is 2.76. The van der Waals surface area contributed by atoms with Crippen LogP contribution in [0.25, 0.3) is 0 Å². The highest BCUT2D eigenvalue weighted by atomic mass is 79.9. The van der Waals surface area contributed by atoms with Crippen molar-refractivity contribution in [2.75, 3.05) is 0 Å². The molecule has 0 amide bonds. The van der Waals surface area contributed by atoms with Gasteiger partial charge in [0, 0.05) is 0 Å². The van der Waals surface area contributed by atoms with E-state index < -0.39 is 0 Å². The third-order valence-electron chi connectivity index (χ3n) is 1.43. The molecule has 5 heteroatoms. The van der Waals surface area contributed by atoms with Gasteiger partial charge in [0.1, 0.15) is 6.17 Å². The maximum Gasteiger partial charge on any atom is 0.187 e. The molecule has 2 unspecified atom stereocenters. The predicted octanol–water partition coefficient (Wildman–Crippen LogP) is 0.0661. The minimum Gasteiger partial charge on any atom is -0.371 e. The number of halogens is 1. The molecule has 0 bridgehead atoms. The maximum absolute atomic E-state index is 7.00. The van der Waals surface area contributed by atoms with Crippen LogP contribution in [0.4, 0.5) is 0 Å². The van der Waals surface area contributed by atoms with Crippen molar-refractivity contribution in [3.63, 3.8) is 0 Å². The number of rotatable bonds is 1. The van der Waals surface area contributed by atoms with Gasteiger partial charge in [0.2, 0.25) is 0 Å². The molecule has 0 fully saturated rings. The zero-order chi connectivity index (χ0) is 8.27. The zero-order valence-electron chi connectivity index (χ0n) is 5.97. The largest absolute Gasteiger partial charge is 0.371 e. The van der Waals surface area contributed by atoms with Crippen molar-refractivity contribution in [2.45, 2.75) is 17.4 Å². The Bertz CT molecular complexity index is 179. The fraction of sp³-hybridized carbons (Fsp3) is 0.500. The molecule has 11 heavy (non-hydrogen) atoms. The summed E-state index contributed by atoms with van der Waals surface area (Å²) in [6, 6.07) is 0. The Morgan fingerprint density at radius 2 is 2.55 bits per heavy atom. The topological polar surface area (TPSA) is 73.9 Å². The van der Waals surface area contributed by atoms with E-state index in [0.717, 1.165) is 6.42 Å². The van der Waals surface area contributed by atoms with E-state index >= 15 is 0 Å². The standard InChI is InChI=1S/C6H11BrN4/c7-4-2-1-3-10-5(4)11-6(8)9/h1,3-5,10H,2H2,(H4,8,9,11). The second kappa shape index (κ2) is 3.61. The summed E-state index contributed by atoms with van der Waals surface area (Å²) in [7, 11) is 0. The number of hydrogen-bond acceptors (Lipinski definition) is 2. The van der Waals surface area contributed by atoms with Crippen molar-refractivity contribution >= 4 is 21.9 Å². The first-order valence-corrected chi connectivity index (χ1v) is 4.27. The van der Waals surface area contributed by atoms with Crippen LogP contribution in [0.3, 0.4) is 0 Å². The minimum absolute atomic E-state index is 0.0118. The SMILES string of the molecule is N=C(N)NC1NC=CCC1Br. The number of allylic oxidation sites excluding steroid dienone is 1. The van der Waals surface area contributed by atoms with Crippen molar-refractivity contribution in [3.8, 4) is 0 Å². The fourth-order valence-corrected chi connectivity index (χ4v) is 1.41. The first-order valence-electron chi connectivity index (χ1n) is 3.36. The highest BCUT2D eigenvalue weighted by Gasteiger charge is 2.18. The average Bonchev–Trinajstić information content (AvgIpc) is 1.93.